The van der Waals surface area contributed by atoms with Crippen LogP contribution in [0.1, 0.15) is 26.8 Å². The van der Waals surface area contributed by atoms with Crippen LogP contribution in [0.5, 0.6) is 0 Å². The predicted octanol–water partition coefficient (Wildman–Crippen LogP) is 1.91. The number of aryl methyl sites for hydroxylation is 3. The van der Waals surface area contributed by atoms with Gasteiger partial charge in [-0.15, -0.1) is 11.3 Å². The van der Waals surface area contributed by atoms with Crippen molar-refractivity contribution < 1.29 is 0 Å². The Kier molecular flexibility index (Phi) is 3.82. The van der Waals surface area contributed by atoms with E-state index >= 15 is 0 Å². The third kappa shape index (κ3) is 2.74. The van der Waals surface area contributed by atoms with Gasteiger partial charge < -0.3 is 10.3 Å². The van der Waals surface area contributed by atoms with Crippen LogP contribution in [0, 0.1) is 20.8 Å². The fraction of sp³-hybridized carbons (Fsp3) is 0.308. The molecule has 0 saturated carbocycles. The second-order valence-electron chi connectivity index (χ2n) is 4.39. The van der Waals surface area contributed by atoms with Gasteiger partial charge in [0.1, 0.15) is 10.00 Å². The lowest BCUT2D eigenvalue weighted by molar-refractivity contribution is 0.722. The van der Waals surface area contributed by atoms with Gasteiger partial charge in [0.25, 0.3) is 5.56 Å². The molecule has 19 heavy (non-hydrogen) atoms. The number of hydrogen-bond donors (Lipinski definition) is 1. The van der Waals surface area contributed by atoms with Crippen molar-refractivity contribution in [2.24, 2.45) is 5.73 Å². The minimum Gasteiger partial charge on any atom is -0.389 e. The second-order valence-corrected chi connectivity index (χ2v) is 6.12. The lowest BCUT2D eigenvalue weighted by atomic mass is 10.2. The molecule has 0 aliphatic heterocycles. The van der Waals surface area contributed by atoms with E-state index in [1.807, 2.05) is 26.8 Å². The van der Waals surface area contributed by atoms with Crippen LogP contribution in [0.4, 0.5) is 0 Å². The lowest BCUT2D eigenvalue weighted by Gasteiger charge is -2.09. The molecule has 2 rings (SSSR count). The van der Waals surface area contributed by atoms with Crippen LogP contribution in [0.15, 0.2) is 16.9 Å². The normalized spacial score (nSPS) is 10.7. The topological polar surface area (TPSA) is 60.9 Å². The molecule has 0 amide bonds. The third-order valence-corrected chi connectivity index (χ3v) is 4.30. The summed E-state index contributed by atoms with van der Waals surface area (Å²) in [5.41, 5.74) is 7.67. The maximum absolute atomic E-state index is 12.3. The van der Waals surface area contributed by atoms with Crippen LogP contribution < -0.4 is 11.3 Å². The zero-order valence-electron chi connectivity index (χ0n) is 11.1. The van der Waals surface area contributed by atoms with Gasteiger partial charge in [-0.3, -0.25) is 4.79 Å². The molecule has 2 aromatic rings. The van der Waals surface area contributed by atoms with Crippen molar-refractivity contribution in [1.29, 1.82) is 0 Å². The monoisotopic (exact) mass is 293 g/mol. The molecule has 0 fully saturated rings. The molecule has 0 aliphatic rings. The molecular formula is C13H15N3OS2. The molecule has 0 unspecified atom stereocenters. The van der Waals surface area contributed by atoms with Crippen molar-refractivity contribution in [3.63, 3.8) is 0 Å². The van der Waals surface area contributed by atoms with Gasteiger partial charge in [0, 0.05) is 10.6 Å². The molecule has 0 aromatic carbocycles. The number of nitrogens with zero attached hydrogens (tertiary/aromatic N) is 2. The van der Waals surface area contributed by atoms with Crippen molar-refractivity contribution in [2.45, 2.75) is 27.3 Å². The minimum absolute atomic E-state index is 0.130. The highest BCUT2D eigenvalue weighted by atomic mass is 32.1. The first-order chi connectivity index (χ1) is 8.90. The van der Waals surface area contributed by atoms with E-state index in [2.05, 4.69) is 4.98 Å². The number of rotatable bonds is 3. The summed E-state index contributed by atoms with van der Waals surface area (Å²) in [4.78, 5) is 18.1. The zero-order chi connectivity index (χ0) is 14.2. The summed E-state index contributed by atoms with van der Waals surface area (Å²) in [5.74, 6) is 0. The molecule has 2 aromatic heterocycles. The summed E-state index contributed by atoms with van der Waals surface area (Å²) in [5, 5.41) is 0.917. The first-order valence-corrected chi connectivity index (χ1v) is 7.05. The maximum atomic E-state index is 12.3. The highest BCUT2D eigenvalue weighted by Crippen LogP contribution is 2.17. The van der Waals surface area contributed by atoms with Crippen LogP contribution in [0.2, 0.25) is 0 Å². The number of aromatic nitrogens is 2. The van der Waals surface area contributed by atoms with Crippen LogP contribution in [0.3, 0.4) is 0 Å². The average molecular weight is 293 g/mol. The number of nitrogens with two attached hydrogens (primary N) is 1. The van der Waals surface area contributed by atoms with Crippen LogP contribution in [0.25, 0.3) is 0 Å². The molecule has 6 heteroatoms. The SMILES string of the molecule is Cc1nc(Cn2c(C)ccc(C(N)=S)c2=O)sc1C. The van der Waals surface area contributed by atoms with Crippen LogP contribution in [-0.2, 0) is 6.54 Å². The smallest absolute Gasteiger partial charge is 0.261 e. The Hall–Kier alpha value is -1.53. The lowest BCUT2D eigenvalue weighted by Crippen LogP contribution is -2.30. The molecule has 2 heterocycles. The Morgan fingerprint density at radius 2 is 2.11 bits per heavy atom. The molecule has 0 aliphatic carbocycles. The van der Waals surface area contributed by atoms with Gasteiger partial charge in [-0.2, -0.15) is 0 Å². The first kappa shape index (κ1) is 13.9. The Morgan fingerprint density at radius 1 is 1.42 bits per heavy atom. The van der Waals surface area contributed by atoms with E-state index in [9.17, 15) is 4.79 Å². The molecule has 0 radical (unpaired) electrons. The fourth-order valence-electron chi connectivity index (χ4n) is 1.80. The minimum atomic E-state index is -0.155. The summed E-state index contributed by atoms with van der Waals surface area (Å²) in [6, 6.07) is 3.53. The van der Waals surface area contributed by atoms with Crippen molar-refractivity contribution >= 4 is 28.5 Å². The molecular weight excluding hydrogens is 278 g/mol. The number of thiocarbonyl (C=S) groups is 1. The summed E-state index contributed by atoms with van der Waals surface area (Å²) in [7, 11) is 0. The summed E-state index contributed by atoms with van der Waals surface area (Å²) < 4.78 is 1.66. The highest BCUT2D eigenvalue weighted by Gasteiger charge is 2.11. The Bertz CT molecular complexity index is 681. The Labute approximate surface area is 120 Å². The van der Waals surface area contributed by atoms with E-state index in [0.29, 0.717) is 12.1 Å². The van der Waals surface area contributed by atoms with Crippen molar-refractivity contribution in [3.8, 4) is 0 Å². The molecule has 2 N–H and O–H groups in total. The van der Waals surface area contributed by atoms with Gasteiger partial charge in [-0.1, -0.05) is 12.2 Å². The summed E-state index contributed by atoms with van der Waals surface area (Å²) in [6.07, 6.45) is 0. The van der Waals surface area contributed by atoms with Gasteiger partial charge in [0.05, 0.1) is 17.8 Å². The van der Waals surface area contributed by atoms with Gasteiger partial charge in [0.15, 0.2) is 0 Å². The van der Waals surface area contributed by atoms with Crippen LogP contribution in [-0.4, -0.2) is 14.5 Å². The Morgan fingerprint density at radius 3 is 2.63 bits per heavy atom. The molecule has 0 saturated heterocycles. The fourth-order valence-corrected chi connectivity index (χ4v) is 2.88. The standard InChI is InChI=1S/C13H15N3OS2/c1-7-4-5-10(12(14)18)13(17)16(7)6-11-15-8(2)9(3)19-11/h4-5H,6H2,1-3H3,(H2,14,18). The molecule has 0 spiro atoms. The number of thiazole rings is 1. The van der Waals surface area contributed by atoms with E-state index < -0.39 is 0 Å². The number of pyridine rings is 1. The van der Waals surface area contributed by atoms with Crippen molar-refractivity contribution in [3.05, 3.63) is 49.3 Å². The van der Waals surface area contributed by atoms with E-state index in [4.69, 9.17) is 18.0 Å². The maximum Gasteiger partial charge on any atom is 0.261 e. The van der Waals surface area contributed by atoms with E-state index in [1.165, 1.54) is 4.88 Å². The Balaban J connectivity index is 2.47. The average Bonchev–Trinajstić information content (AvgIpc) is 2.63. The zero-order valence-corrected chi connectivity index (χ0v) is 12.7. The molecule has 4 nitrogen and oxygen atoms in total. The van der Waals surface area contributed by atoms with Crippen molar-refractivity contribution in [2.75, 3.05) is 0 Å². The molecule has 0 bridgehead atoms. The summed E-state index contributed by atoms with van der Waals surface area (Å²) >= 11 is 6.50. The van der Waals surface area contributed by atoms with E-state index in [1.54, 1.807) is 22.0 Å². The first-order valence-electron chi connectivity index (χ1n) is 5.83. The van der Waals surface area contributed by atoms with Gasteiger partial charge in [-0.25, -0.2) is 4.98 Å². The summed E-state index contributed by atoms with van der Waals surface area (Å²) in [6.45, 7) is 6.34. The number of hydrogen-bond acceptors (Lipinski definition) is 4. The largest absolute Gasteiger partial charge is 0.389 e. The van der Waals surface area contributed by atoms with Gasteiger partial charge in [0.2, 0.25) is 0 Å². The predicted molar refractivity (Wildman–Crippen MR) is 82.0 cm³/mol. The molecule has 0 atom stereocenters. The van der Waals surface area contributed by atoms with E-state index in [-0.39, 0.29) is 10.5 Å². The van der Waals surface area contributed by atoms with Gasteiger partial charge in [-0.05, 0) is 32.9 Å². The van der Waals surface area contributed by atoms with Gasteiger partial charge >= 0.3 is 0 Å². The quantitative estimate of drug-likeness (QED) is 0.878. The molecule has 100 valence electrons. The highest BCUT2D eigenvalue weighted by molar-refractivity contribution is 7.80. The second kappa shape index (κ2) is 5.22. The van der Waals surface area contributed by atoms with E-state index in [0.717, 1.165) is 16.4 Å². The van der Waals surface area contributed by atoms with Crippen LogP contribution >= 0.6 is 23.6 Å². The van der Waals surface area contributed by atoms with Crippen molar-refractivity contribution in [1.82, 2.24) is 9.55 Å². The third-order valence-electron chi connectivity index (χ3n) is 3.02.